The van der Waals surface area contributed by atoms with Crippen molar-refractivity contribution in [2.24, 2.45) is 0 Å². The highest BCUT2D eigenvalue weighted by atomic mass is 19.3. The lowest BCUT2D eigenvalue weighted by molar-refractivity contribution is -0.122. The Bertz CT molecular complexity index is 676. The molecule has 0 heterocycles. The maximum Gasteiger partial charge on any atom is 0.387 e. The van der Waals surface area contributed by atoms with Crippen LogP contribution in [0.2, 0.25) is 0 Å². The number of carbonyl (C=O) groups excluding carboxylic acids is 1. The first-order valence-corrected chi connectivity index (χ1v) is 7.03. The molecular formula is C17H17F2NO3. The molecule has 0 bridgehead atoms. The summed E-state index contributed by atoms with van der Waals surface area (Å²) in [4.78, 5) is 12.2. The van der Waals surface area contributed by atoms with Crippen LogP contribution in [-0.2, 0) is 4.79 Å². The van der Waals surface area contributed by atoms with E-state index in [1.54, 1.807) is 31.2 Å². The number of ether oxygens (including phenoxy) is 2. The Morgan fingerprint density at radius 2 is 1.83 bits per heavy atom. The van der Waals surface area contributed by atoms with Gasteiger partial charge in [0.05, 0.1) is 5.69 Å². The summed E-state index contributed by atoms with van der Waals surface area (Å²) in [6, 6.07) is 13.3. The summed E-state index contributed by atoms with van der Waals surface area (Å²) in [5.74, 6) is 0.000179. The number of amides is 1. The van der Waals surface area contributed by atoms with E-state index in [-0.39, 0.29) is 11.4 Å². The van der Waals surface area contributed by atoms with Gasteiger partial charge in [-0.25, -0.2) is 0 Å². The first-order valence-electron chi connectivity index (χ1n) is 7.03. The largest absolute Gasteiger partial charge is 0.481 e. The van der Waals surface area contributed by atoms with Crippen molar-refractivity contribution in [1.82, 2.24) is 0 Å². The third kappa shape index (κ3) is 4.95. The Hall–Kier alpha value is -2.63. The predicted octanol–water partition coefficient (Wildman–Crippen LogP) is 4.00. The van der Waals surface area contributed by atoms with Gasteiger partial charge in [0, 0.05) is 0 Å². The first kappa shape index (κ1) is 16.7. The molecule has 0 radical (unpaired) electrons. The van der Waals surface area contributed by atoms with Crippen molar-refractivity contribution in [1.29, 1.82) is 0 Å². The minimum atomic E-state index is -2.96. The SMILES string of the molecule is Cc1cccc(O[C@H](C)C(=O)Nc2ccccc2OC(F)F)c1. The minimum Gasteiger partial charge on any atom is -0.481 e. The Labute approximate surface area is 133 Å². The number of anilines is 1. The smallest absolute Gasteiger partial charge is 0.387 e. The van der Waals surface area contributed by atoms with Crippen LogP contribution in [0.3, 0.4) is 0 Å². The molecule has 1 amide bonds. The molecule has 0 unspecified atom stereocenters. The van der Waals surface area contributed by atoms with E-state index in [2.05, 4.69) is 10.1 Å². The van der Waals surface area contributed by atoms with Gasteiger partial charge in [0.15, 0.2) is 6.10 Å². The standard InChI is InChI=1S/C17H17F2NO3/c1-11-6-5-7-13(10-11)22-12(2)16(21)20-14-8-3-4-9-15(14)23-17(18)19/h3-10,12,17H,1-2H3,(H,20,21)/t12-/m1/s1. The molecule has 0 saturated carbocycles. The van der Waals surface area contributed by atoms with Gasteiger partial charge in [-0.05, 0) is 43.7 Å². The number of alkyl halides is 2. The number of hydrogen-bond donors (Lipinski definition) is 1. The normalized spacial score (nSPS) is 11.9. The maximum atomic E-state index is 12.4. The van der Waals surface area contributed by atoms with Crippen LogP contribution in [-0.4, -0.2) is 18.6 Å². The highest BCUT2D eigenvalue weighted by Gasteiger charge is 2.17. The van der Waals surface area contributed by atoms with E-state index in [1.165, 1.54) is 12.1 Å². The minimum absolute atomic E-state index is 0.0985. The fourth-order valence-electron chi connectivity index (χ4n) is 1.95. The average Bonchev–Trinajstić information content (AvgIpc) is 2.48. The van der Waals surface area contributed by atoms with Gasteiger partial charge in [0.1, 0.15) is 11.5 Å². The summed E-state index contributed by atoms with van der Waals surface area (Å²) in [7, 11) is 0. The fraction of sp³-hybridized carbons (Fsp3) is 0.235. The van der Waals surface area contributed by atoms with Gasteiger partial charge in [0.25, 0.3) is 5.91 Å². The molecule has 0 fully saturated rings. The number of nitrogens with one attached hydrogen (secondary N) is 1. The Balaban J connectivity index is 2.04. The van der Waals surface area contributed by atoms with Crippen molar-refractivity contribution < 1.29 is 23.0 Å². The lowest BCUT2D eigenvalue weighted by Gasteiger charge is -2.16. The van der Waals surface area contributed by atoms with Crippen LogP contribution in [0.4, 0.5) is 14.5 Å². The lowest BCUT2D eigenvalue weighted by Crippen LogP contribution is -2.30. The quantitative estimate of drug-likeness (QED) is 0.875. The van der Waals surface area contributed by atoms with E-state index in [0.717, 1.165) is 5.56 Å². The van der Waals surface area contributed by atoms with Crippen molar-refractivity contribution in [3.8, 4) is 11.5 Å². The molecule has 0 aliphatic heterocycles. The molecule has 1 N–H and O–H groups in total. The second kappa shape index (κ2) is 7.58. The van der Waals surface area contributed by atoms with Gasteiger partial charge in [-0.1, -0.05) is 24.3 Å². The Morgan fingerprint density at radius 1 is 1.09 bits per heavy atom. The summed E-state index contributed by atoms with van der Waals surface area (Å²) in [5.41, 5.74) is 1.17. The number of rotatable bonds is 6. The summed E-state index contributed by atoms with van der Waals surface area (Å²) in [6.45, 7) is 0.526. The van der Waals surface area contributed by atoms with Crippen molar-refractivity contribution in [2.45, 2.75) is 26.6 Å². The van der Waals surface area contributed by atoms with E-state index in [9.17, 15) is 13.6 Å². The summed E-state index contributed by atoms with van der Waals surface area (Å²) < 4.78 is 34.6. The van der Waals surface area contributed by atoms with Gasteiger partial charge in [-0.2, -0.15) is 8.78 Å². The van der Waals surface area contributed by atoms with Crippen LogP contribution in [0, 0.1) is 6.92 Å². The molecule has 2 aromatic rings. The molecule has 4 nitrogen and oxygen atoms in total. The number of hydrogen-bond acceptors (Lipinski definition) is 3. The molecule has 0 saturated heterocycles. The zero-order chi connectivity index (χ0) is 16.8. The zero-order valence-corrected chi connectivity index (χ0v) is 12.8. The topological polar surface area (TPSA) is 47.6 Å². The summed E-state index contributed by atoms with van der Waals surface area (Å²) >= 11 is 0. The highest BCUT2D eigenvalue weighted by Crippen LogP contribution is 2.26. The van der Waals surface area contributed by atoms with Gasteiger partial charge < -0.3 is 14.8 Å². The van der Waals surface area contributed by atoms with Crippen molar-refractivity contribution in [3.05, 3.63) is 54.1 Å². The summed E-state index contributed by atoms with van der Waals surface area (Å²) in [5, 5.41) is 2.53. The molecule has 0 aliphatic carbocycles. The number of benzene rings is 2. The number of carbonyl (C=O) groups is 1. The first-order chi connectivity index (χ1) is 11.0. The molecule has 0 spiro atoms. The number of aryl methyl sites for hydroxylation is 1. The number of halogens is 2. The van der Waals surface area contributed by atoms with E-state index in [1.807, 2.05) is 19.1 Å². The highest BCUT2D eigenvalue weighted by molar-refractivity contribution is 5.95. The fourth-order valence-corrected chi connectivity index (χ4v) is 1.95. The second-order valence-electron chi connectivity index (χ2n) is 4.94. The van der Waals surface area contributed by atoms with Crippen LogP contribution in [0.15, 0.2) is 48.5 Å². The molecule has 23 heavy (non-hydrogen) atoms. The maximum absolute atomic E-state index is 12.4. The molecule has 1 atom stereocenters. The molecule has 122 valence electrons. The van der Waals surface area contributed by atoms with Gasteiger partial charge in [-0.3, -0.25) is 4.79 Å². The Morgan fingerprint density at radius 3 is 2.52 bits per heavy atom. The van der Waals surface area contributed by atoms with Crippen LogP contribution in [0.5, 0.6) is 11.5 Å². The van der Waals surface area contributed by atoms with Gasteiger partial charge >= 0.3 is 6.61 Å². The molecule has 2 rings (SSSR count). The monoisotopic (exact) mass is 321 g/mol. The van der Waals surface area contributed by atoms with E-state index in [4.69, 9.17) is 4.74 Å². The van der Waals surface area contributed by atoms with Crippen LogP contribution < -0.4 is 14.8 Å². The van der Waals surface area contributed by atoms with E-state index >= 15 is 0 Å². The summed E-state index contributed by atoms with van der Waals surface area (Å²) in [6.07, 6.45) is -0.795. The third-order valence-corrected chi connectivity index (χ3v) is 3.03. The van der Waals surface area contributed by atoms with Crippen LogP contribution >= 0.6 is 0 Å². The van der Waals surface area contributed by atoms with Crippen molar-refractivity contribution >= 4 is 11.6 Å². The Kier molecular flexibility index (Phi) is 5.51. The average molecular weight is 321 g/mol. The van der Waals surface area contributed by atoms with E-state index < -0.39 is 18.6 Å². The predicted molar refractivity (Wildman–Crippen MR) is 83.0 cm³/mol. The molecule has 0 aliphatic rings. The van der Waals surface area contributed by atoms with Crippen molar-refractivity contribution in [3.63, 3.8) is 0 Å². The zero-order valence-electron chi connectivity index (χ0n) is 12.8. The third-order valence-electron chi connectivity index (χ3n) is 3.03. The molecule has 2 aromatic carbocycles. The molecule has 0 aromatic heterocycles. The van der Waals surface area contributed by atoms with Crippen LogP contribution in [0.25, 0.3) is 0 Å². The molecular weight excluding hydrogens is 304 g/mol. The second-order valence-corrected chi connectivity index (χ2v) is 4.94. The van der Waals surface area contributed by atoms with Gasteiger partial charge in [0.2, 0.25) is 0 Å². The van der Waals surface area contributed by atoms with E-state index in [0.29, 0.717) is 5.75 Å². The van der Waals surface area contributed by atoms with Gasteiger partial charge in [-0.15, -0.1) is 0 Å². The number of para-hydroxylation sites is 2. The molecule has 6 heteroatoms. The van der Waals surface area contributed by atoms with Crippen molar-refractivity contribution in [2.75, 3.05) is 5.32 Å². The lowest BCUT2D eigenvalue weighted by atomic mass is 10.2. The van der Waals surface area contributed by atoms with Crippen LogP contribution in [0.1, 0.15) is 12.5 Å².